The zero-order valence-corrected chi connectivity index (χ0v) is 11.2. The molecule has 0 amide bonds. The van der Waals surface area contributed by atoms with E-state index >= 15 is 0 Å². The van der Waals surface area contributed by atoms with E-state index in [1.54, 1.807) is 6.07 Å². The van der Waals surface area contributed by atoms with Crippen LogP contribution in [0.5, 0.6) is 0 Å². The van der Waals surface area contributed by atoms with Gasteiger partial charge in [-0.1, -0.05) is 42.0 Å². The van der Waals surface area contributed by atoms with Crippen LogP contribution in [0.1, 0.15) is 5.56 Å². The molecule has 0 unspecified atom stereocenters. The number of hydrogen-bond acceptors (Lipinski definition) is 2. The maximum absolute atomic E-state index is 11.2. The fraction of sp³-hybridized carbons (Fsp3) is 0.143. The van der Waals surface area contributed by atoms with E-state index in [0.29, 0.717) is 5.69 Å². The van der Waals surface area contributed by atoms with Gasteiger partial charge in [-0.05, 0) is 30.2 Å². The minimum Gasteiger partial charge on any atom is -0.284 e. The number of hydrogen-bond donors (Lipinski definition) is 1. The number of nitrogens with one attached hydrogen (secondary N) is 1. The summed E-state index contributed by atoms with van der Waals surface area (Å²) < 4.78 is 24.8. The first-order valence-corrected chi connectivity index (χ1v) is 7.48. The third-order valence-corrected chi connectivity index (χ3v) is 3.16. The Morgan fingerprint density at radius 3 is 2.22 bits per heavy atom. The van der Waals surface area contributed by atoms with Crippen molar-refractivity contribution in [2.75, 3.05) is 11.0 Å². The molecule has 0 heterocycles. The highest BCUT2D eigenvalue weighted by Crippen LogP contribution is 2.23. The van der Waals surface area contributed by atoms with Gasteiger partial charge in [0.05, 0.1) is 6.26 Å². The average Bonchev–Trinajstić information content (AvgIpc) is 2.28. The fourth-order valence-corrected chi connectivity index (χ4v) is 2.28. The third-order valence-electron chi connectivity index (χ3n) is 2.55. The summed E-state index contributed by atoms with van der Waals surface area (Å²) in [6, 6.07) is 15.5. The van der Waals surface area contributed by atoms with E-state index in [9.17, 15) is 8.42 Å². The van der Waals surface area contributed by atoms with Gasteiger partial charge in [0.1, 0.15) is 0 Å². The molecule has 0 spiro atoms. The highest BCUT2D eigenvalue weighted by Gasteiger charge is 2.03. The molecule has 2 rings (SSSR count). The van der Waals surface area contributed by atoms with Gasteiger partial charge in [-0.15, -0.1) is 0 Å². The highest BCUT2D eigenvalue weighted by molar-refractivity contribution is 7.92. The minimum absolute atomic E-state index is 0.579. The van der Waals surface area contributed by atoms with Crippen LogP contribution in [0.15, 0.2) is 48.5 Å². The first-order valence-electron chi connectivity index (χ1n) is 5.59. The molecular weight excluding hydrogens is 246 g/mol. The number of sulfonamides is 1. The zero-order chi connectivity index (χ0) is 13.2. The molecule has 0 atom stereocenters. The number of anilines is 1. The standard InChI is InChI=1S/C14H15NO2S/c1-11-6-8-12(9-7-11)13-4-3-5-14(10-13)15-18(2,16)17/h3-10,15H,1-2H3. The first kappa shape index (κ1) is 12.6. The lowest BCUT2D eigenvalue weighted by Crippen LogP contribution is -2.09. The van der Waals surface area contributed by atoms with E-state index in [1.807, 2.05) is 49.4 Å². The van der Waals surface area contributed by atoms with Crippen molar-refractivity contribution in [3.63, 3.8) is 0 Å². The van der Waals surface area contributed by atoms with Gasteiger partial charge in [-0.2, -0.15) is 0 Å². The summed E-state index contributed by atoms with van der Waals surface area (Å²) in [6.07, 6.45) is 1.14. The Labute approximate surface area is 108 Å². The quantitative estimate of drug-likeness (QED) is 0.923. The van der Waals surface area contributed by atoms with Crippen molar-refractivity contribution >= 4 is 15.7 Å². The molecule has 0 saturated carbocycles. The Bertz CT molecular complexity index is 646. The van der Waals surface area contributed by atoms with E-state index in [0.717, 1.165) is 17.4 Å². The summed E-state index contributed by atoms with van der Waals surface area (Å²) in [7, 11) is -3.23. The second-order valence-corrected chi connectivity index (χ2v) is 6.07. The molecule has 1 N–H and O–H groups in total. The van der Waals surface area contributed by atoms with Crippen LogP contribution in [0.3, 0.4) is 0 Å². The van der Waals surface area contributed by atoms with E-state index in [-0.39, 0.29) is 0 Å². The number of aryl methyl sites for hydroxylation is 1. The van der Waals surface area contributed by atoms with Crippen LogP contribution in [-0.2, 0) is 10.0 Å². The minimum atomic E-state index is -3.23. The molecule has 2 aromatic carbocycles. The number of rotatable bonds is 3. The molecular formula is C14H15NO2S. The van der Waals surface area contributed by atoms with Gasteiger partial charge < -0.3 is 0 Å². The van der Waals surface area contributed by atoms with E-state index in [2.05, 4.69) is 4.72 Å². The Kier molecular flexibility index (Phi) is 3.39. The van der Waals surface area contributed by atoms with Crippen LogP contribution in [-0.4, -0.2) is 14.7 Å². The van der Waals surface area contributed by atoms with Crippen molar-refractivity contribution in [3.05, 3.63) is 54.1 Å². The van der Waals surface area contributed by atoms with Crippen molar-refractivity contribution in [1.82, 2.24) is 0 Å². The van der Waals surface area contributed by atoms with E-state index in [1.165, 1.54) is 5.56 Å². The van der Waals surface area contributed by atoms with Gasteiger partial charge >= 0.3 is 0 Å². The van der Waals surface area contributed by atoms with Gasteiger partial charge in [-0.25, -0.2) is 8.42 Å². The fourth-order valence-electron chi connectivity index (χ4n) is 1.72. The Balaban J connectivity index is 2.35. The van der Waals surface area contributed by atoms with Crippen LogP contribution < -0.4 is 4.72 Å². The normalized spacial score (nSPS) is 11.2. The maximum atomic E-state index is 11.2. The molecule has 0 aliphatic rings. The summed E-state index contributed by atoms with van der Waals surface area (Å²) in [5.74, 6) is 0. The lowest BCUT2D eigenvalue weighted by Gasteiger charge is -2.07. The van der Waals surface area contributed by atoms with Crippen LogP contribution >= 0.6 is 0 Å². The molecule has 0 aliphatic heterocycles. The molecule has 0 aliphatic carbocycles. The van der Waals surface area contributed by atoms with Crippen LogP contribution in [0.25, 0.3) is 11.1 Å². The molecule has 0 bridgehead atoms. The summed E-state index contributed by atoms with van der Waals surface area (Å²) >= 11 is 0. The number of benzene rings is 2. The van der Waals surface area contributed by atoms with Crippen LogP contribution in [0, 0.1) is 6.92 Å². The summed E-state index contributed by atoms with van der Waals surface area (Å²) in [5.41, 5.74) is 3.83. The molecule has 0 saturated heterocycles. The average molecular weight is 261 g/mol. The van der Waals surface area contributed by atoms with E-state index < -0.39 is 10.0 Å². The van der Waals surface area contributed by atoms with Gasteiger partial charge in [0, 0.05) is 5.69 Å². The van der Waals surface area contributed by atoms with Crippen molar-refractivity contribution in [2.45, 2.75) is 6.92 Å². The molecule has 18 heavy (non-hydrogen) atoms. The van der Waals surface area contributed by atoms with Gasteiger partial charge in [-0.3, -0.25) is 4.72 Å². The molecule has 4 heteroatoms. The zero-order valence-electron chi connectivity index (χ0n) is 10.3. The molecule has 0 fully saturated rings. The SMILES string of the molecule is Cc1ccc(-c2cccc(NS(C)(=O)=O)c2)cc1. The van der Waals surface area contributed by atoms with Crippen LogP contribution in [0.4, 0.5) is 5.69 Å². The lowest BCUT2D eigenvalue weighted by atomic mass is 10.0. The van der Waals surface area contributed by atoms with Crippen molar-refractivity contribution in [3.8, 4) is 11.1 Å². The molecule has 2 aromatic rings. The van der Waals surface area contributed by atoms with Crippen molar-refractivity contribution in [1.29, 1.82) is 0 Å². The first-order chi connectivity index (χ1) is 8.44. The lowest BCUT2D eigenvalue weighted by molar-refractivity contribution is 0.607. The van der Waals surface area contributed by atoms with Gasteiger partial charge in [0.15, 0.2) is 0 Å². The second kappa shape index (κ2) is 4.82. The summed E-state index contributed by atoms with van der Waals surface area (Å²) in [5, 5.41) is 0. The molecule has 0 radical (unpaired) electrons. The predicted molar refractivity (Wildman–Crippen MR) is 75.1 cm³/mol. The Hall–Kier alpha value is -1.81. The van der Waals surface area contributed by atoms with E-state index in [4.69, 9.17) is 0 Å². The monoisotopic (exact) mass is 261 g/mol. The van der Waals surface area contributed by atoms with Crippen molar-refractivity contribution in [2.24, 2.45) is 0 Å². The Morgan fingerprint density at radius 2 is 1.61 bits per heavy atom. The van der Waals surface area contributed by atoms with Gasteiger partial charge in [0.2, 0.25) is 10.0 Å². The molecule has 0 aromatic heterocycles. The third kappa shape index (κ3) is 3.34. The van der Waals surface area contributed by atoms with Crippen LogP contribution in [0.2, 0.25) is 0 Å². The van der Waals surface area contributed by atoms with Crippen molar-refractivity contribution < 1.29 is 8.42 Å². The largest absolute Gasteiger partial charge is 0.284 e. The Morgan fingerprint density at radius 1 is 0.944 bits per heavy atom. The predicted octanol–water partition coefficient (Wildman–Crippen LogP) is 3.03. The second-order valence-electron chi connectivity index (χ2n) is 4.32. The summed E-state index contributed by atoms with van der Waals surface area (Å²) in [6.45, 7) is 2.03. The molecule has 3 nitrogen and oxygen atoms in total. The topological polar surface area (TPSA) is 46.2 Å². The smallest absolute Gasteiger partial charge is 0.229 e. The van der Waals surface area contributed by atoms with Gasteiger partial charge in [0.25, 0.3) is 0 Å². The summed E-state index contributed by atoms with van der Waals surface area (Å²) in [4.78, 5) is 0. The molecule has 94 valence electrons. The maximum Gasteiger partial charge on any atom is 0.229 e. The highest BCUT2D eigenvalue weighted by atomic mass is 32.2.